The number of amidine groups is 1. The molecule has 0 fully saturated rings. The Morgan fingerprint density at radius 1 is 1.17 bits per heavy atom. The Bertz CT molecular complexity index is 563. The molecule has 0 aliphatic carbocycles. The Morgan fingerprint density at radius 2 is 1.83 bits per heavy atom. The Hall–Kier alpha value is -2.69. The fourth-order valence-corrected chi connectivity index (χ4v) is 1.44. The summed E-state index contributed by atoms with van der Waals surface area (Å²) in [6.07, 6.45) is 3.21. The zero-order valence-electron chi connectivity index (χ0n) is 9.55. The Kier molecular flexibility index (Phi) is 3.33. The first kappa shape index (κ1) is 11.8. The van der Waals surface area contributed by atoms with Crippen LogP contribution in [0, 0.1) is 5.41 Å². The first-order chi connectivity index (χ1) is 8.66. The lowest BCUT2D eigenvalue weighted by Crippen LogP contribution is -2.14. The van der Waals surface area contributed by atoms with Gasteiger partial charge in [0.05, 0.1) is 11.9 Å². The zero-order chi connectivity index (χ0) is 13.0. The van der Waals surface area contributed by atoms with Gasteiger partial charge in [-0.2, -0.15) is 0 Å². The van der Waals surface area contributed by atoms with Gasteiger partial charge in [0.1, 0.15) is 5.84 Å². The summed E-state index contributed by atoms with van der Waals surface area (Å²) >= 11 is 0. The van der Waals surface area contributed by atoms with Crippen molar-refractivity contribution in [3.63, 3.8) is 0 Å². The molecule has 0 aliphatic rings. The van der Waals surface area contributed by atoms with E-state index in [2.05, 4.69) is 10.3 Å². The van der Waals surface area contributed by atoms with Crippen LogP contribution in [-0.2, 0) is 0 Å². The molecule has 90 valence electrons. The lowest BCUT2D eigenvalue weighted by molar-refractivity contribution is 0.102. The second kappa shape index (κ2) is 5.09. The van der Waals surface area contributed by atoms with Gasteiger partial charge in [-0.1, -0.05) is 12.1 Å². The van der Waals surface area contributed by atoms with Gasteiger partial charge in [-0.3, -0.25) is 15.2 Å². The van der Waals surface area contributed by atoms with E-state index in [1.807, 2.05) is 0 Å². The van der Waals surface area contributed by atoms with Crippen molar-refractivity contribution in [1.29, 1.82) is 5.41 Å². The highest BCUT2D eigenvalue weighted by molar-refractivity contribution is 6.05. The number of carbonyl (C=O) groups excluding carboxylic acids is 1. The number of pyridine rings is 1. The molecule has 0 spiro atoms. The van der Waals surface area contributed by atoms with E-state index in [-0.39, 0.29) is 11.7 Å². The number of carbonyl (C=O) groups is 1. The molecule has 2 rings (SSSR count). The van der Waals surface area contributed by atoms with Gasteiger partial charge in [0.15, 0.2) is 0 Å². The van der Waals surface area contributed by atoms with Crippen molar-refractivity contribution in [2.24, 2.45) is 5.73 Å². The van der Waals surface area contributed by atoms with Crippen molar-refractivity contribution in [2.75, 3.05) is 5.32 Å². The largest absolute Gasteiger partial charge is 0.384 e. The van der Waals surface area contributed by atoms with E-state index >= 15 is 0 Å². The zero-order valence-corrected chi connectivity index (χ0v) is 9.55. The minimum Gasteiger partial charge on any atom is -0.384 e. The summed E-state index contributed by atoms with van der Waals surface area (Å²) in [5.74, 6) is -0.243. The fraction of sp³-hybridized carbons (Fsp3) is 0. The third-order valence-corrected chi connectivity index (χ3v) is 2.38. The fourth-order valence-electron chi connectivity index (χ4n) is 1.44. The van der Waals surface area contributed by atoms with Gasteiger partial charge in [-0.15, -0.1) is 0 Å². The number of hydrogen-bond acceptors (Lipinski definition) is 3. The summed E-state index contributed by atoms with van der Waals surface area (Å²) in [6, 6.07) is 10.0. The molecule has 5 heteroatoms. The van der Waals surface area contributed by atoms with Crippen molar-refractivity contribution >= 4 is 17.4 Å². The number of rotatable bonds is 3. The maximum Gasteiger partial charge on any atom is 0.255 e. The lowest BCUT2D eigenvalue weighted by Gasteiger charge is -2.05. The third kappa shape index (κ3) is 2.70. The molecule has 1 heterocycles. The number of nitrogen functional groups attached to an aromatic ring is 1. The van der Waals surface area contributed by atoms with Crippen LogP contribution in [-0.4, -0.2) is 16.7 Å². The Labute approximate surface area is 104 Å². The van der Waals surface area contributed by atoms with E-state index in [9.17, 15) is 4.79 Å². The summed E-state index contributed by atoms with van der Waals surface area (Å²) in [5, 5.41) is 9.98. The van der Waals surface area contributed by atoms with Crippen molar-refractivity contribution in [3.8, 4) is 0 Å². The van der Waals surface area contributed by atoms with Crippen molar-refractivity contribution in [3.05, 3.63) is 59.9 Å². The maximum atomic E-state index is 11.9. The molecule has 0 unspecified atom stereocenters. The predicted octanol–water partition coefficient (Wildman–Crippen LogP) is 1.62. The quantitative estimate of drug-likeness (QED) is 0.562. The monoisotopic (exact) mass is 240 g/mol. The molecule has 0 saturated heterocycles. The third-order valence-electron chi connectivity index (χ3n) is 2.38. The number of nitrogens with zero attached hydrogens (tertiary/aromatic N) is 1. The molecule has 2 aromatic rings. The van der Waals surface area contributed by atoms with Gasteiger partial charge in [0, 0.05) is 17.3 Å². The highest BCUT2D eigenvalue weighted by atomic mass is 16.1. The van der Waals surface area contributed by atoms with E-state index in [4.69, 9.17) is 11.1 Å². The van der Waals surface area contributed by atoms with Crippen LogP contribution in [0.4, 0.5) is 5.69 Å². The summed E-state index contributed by atoms with van der Waals surface area (Å²) < 4.78 is 0. The van der Waals surface area contributed by atoms with E-state index in [1.165, 1.54) is 0 Å². The standard InChI is InChI=1S/C13H12N4O/c14-12(15)9-3-5-10(6-4-9)13(18)17-11-2-1-7-16-8-11/h1-8H,(H3,14,15)(H,17,18). The van der Waals surface area contributed by atoms with Gasteiger partial charge in [-0.05, 0) is 24.3 Å². The van der Waals surface area contributed by atoms with E-state index < -0.39 is 0 Å². The summed E-state index contributed by atoms with van der Waals surface area (Å²) in [5.41, 5.74) is 7.07. The first-order valence-corrected chi connectivity index (χ1v) is 5.32. The molecular weight excluding hydrogens is 228 g/mol. The molecule has 5 nitrogen and oxygen atoms in total. The van der Waals surface area contributed by atoms with Gasteiger partial charge < -0.3 is 11.1 Å². The van der Waals surface area contributed by atoms with Crippen LogP contribution in [0.5, 0.6) is 0 Å². The number of amides is 1. The number of nitrogens with one attached hydrogen (secondary N) is 2. The van der Waals surface area contributed by atoms with Crippen LogP contribution < -0.4 is 11.1 Å². The predicted molar refractivity (Wildman–Crippen MR) is 69.6 cm³/mol. The molecule has 0 atom stereocenters. The average Bonchev–Trinajstić information content (AvgIpc) is 2.40. The van der Waals surface area contributed by atoms with Crippen molar-refractivity contribution < 1.29 is 4.79 Å². The molecule has 1 aromatic carbocycles. The summed E-state index contributed by atoms with van der Waals surface area (Å²) in [7, 11) is 0. The van der Waals surface area contributed by atoms with Crippen LogP contribution in [0.3, 0.4) is 0 Å². The van der Waals surface area contributed by atoms with Crippen molar-refractivity contribution in [1.82, 2.24) is 4.98 Å². The SMILES string of the molecule is N=C(N)c1ccc(C(=O)Nc2cccnc2)cc1. The van der Waals surface area contributed by atoms with Crippen LogP contribution >= 0.6 is 0 Å². The molecule has 0 bridgehead atoms. The average molecular weight is 240 g/mol. The summed E-state index contributed by atoms with van der Waals surface area (Å²) in [6.45, 7) is 0. The summed E-state index contributed by atoms with van der Waals surface area (Å²) in [4.78, 5) is 15.8. The molecule has 1 aromatic heterocycles. The topological polar surface area (TPSA) is 91.9 Å². The Balaban J connectivity index is 2.12. The minimum absolute atomic E-state index is 0.0192. The Morgan fingerprint density at radius 3 is 2.39 bits per heavy atom. The first-order valence-electron chi connectivity index (χ1n) is 5.32. The van der Waals surface area contributed by atoms with Crippen LogP contribution in [0.15, 0.2) is 48.8 Å². The number of aromatic nitrogens is 1. The van der Waals surface area contributed by atoms with Crippen LogP contribution in [0.25, 0.3) is 0 Å². The highest BCUT2D eigenvalue weighted by Gasteiger charge is 2.06. The van der Waals surface area contributed by atoms with Gasteiger partial charge in [0.2, 0.25) is 0 Å². The van der Waals surface area contributed by atoms with Gasteiger partial charge >= 0.3 is 0 Å². The number of benzene rings is 1. The molecule has 4 N–H and O–H groups in total. The highest BCUT2D eigenvalue weighted by Crippen LogP contribution is 2.08. The minimum atomic E-state index is -0.224. The molecular formula is C13H12N4O. The van der Waals surface area contributed by atoms with E-state index in [0.717, 1.165) is 0 Å². The lowest BCUT2D eigenvalue weighted by atomic mass is 10.1. The molecule has 0 saturated carbocycles. The van der Waals surface area contributed by atoms with E-state index in [0.29, 0.717) is 16.8 Å². The second-order valence-corrected chi connectivity index (χ2v) is 3.69. The van der Waals surface area contributed by atoms with Gasteiger partial charge in [-0.25, -0.2) is 0 Å². The maximum absolute atomic E-state index is 11.9. The molecule has 18 heavy (non-hydrogen) atoms. The van der Waals surface area contributed by atoms with Crippen LogP contribution in [0.1, 0.15) is 15.9 Å². The van der Waals surface area contributed by atoms with Crippen LogP contribution in [0.2, 0.25) is 0 Å². The van der Waals surface area contributed by atoms with Crippen molar-refractivity contribution in [2.45, 2.75) is 0 Å². The normalized spacial score (nSPS) is 9.78. The van der Waals surface area contributed by atoms with Gasteiger partial charge in [0.25, 0.3) is 5.91 Å². The smallest absolute Gasteiger partial charge is 0.255 e. The molecule has 0 radical (unpaired) electrons. The number of hydrogen-bond donors (Lipinski definition) is 3. The van der Waals surface area contributed by atoms with E-state index in [1.54, 1.807) is 48.8 Å². The molecule has 0 aliphatic heterocycles. The second-order valence-electron chi connectivity index (χ2n) is 3.69. The number of anilines is 1. The molecule has 1 amide bonds. The number of nitrogens with two attached hydrogens (primary N) is 1.